The van der Waals surface area contributed by atoms with Crippen LogP contribution in [0.1, 0.15) is 13.8 Å². The normalized spacial score (nSPS) is 10.3. The van der Waals surface area contributed by atoms with Gasteiger partial charge in [-0.3, -0.25) is 4.79 Å². The lowest BCUT2D eigenvalue weighted by molar-refractivity contribution is -0.118. The van der Waals surface area contributed by atoms with Gasteiger partial charge in [0.2, 0.25) is 0 Å². The molecule has 0 aliphatic rings. The van der Waals surface area contributed by atoms with Crippen LogP contribution in [0.5, 0.6) is 17.2 Å². The van der Waals surface area contributed by atoms with E-state index in [1.807, 2.05) is 30.3 Å². The van der Waals surface area contributed by atoms with Crippen LogP contribution in [0.3, 0.4) is 0 Å². The Balaban J connectivity index is 1.89. The number of anilines is 1. The Morgan fingerprint density at radius 2 is 1.79 bits per heavy atom. The number of hydrogen-bond acceptors (Lipinski definition) is 4. The summed E-state index contributed by atoms with van der Waals surface area (Å²) in [7, 11) is 1.56. The molecule has 1 N–H and O–H groups in total. The molecule has 0 saturated heterocycles. The van der Waals surface area contributed by atoms with Crippen molar-refractivity contribution < 1.29 is 19.0 Å². The predicted molar refractivity (Wildman–Crippen MR) is 93.9 cm³/mol. The van der Waals surface area contributed by atoms with E-state index in [2.05, 4.69) is 19.2 Å². The van der Waals surface area contributed by atoms with Crippen LogP contribution in [0.25, 0.3) is 0 Å². The third-order valence-corrected chi connectivity index (χ3v) is 3.13. The van der Waals surface area contributed by atoms with Gasteiger partial charge in [0, 0.05) is 11.8 Å². The molecule has 5 nitrogen and oxygen atoms in total. The van der Waals surface area contributed by atoms with E-state index in [9.17, 15) is 4.79 Å². The number of nitrogens with one attached hydrogen (secondary N) is 1. The van der Waals surface area contributed by atoms with Crippen LogP contribution >= 0.6 is 0 Å². The third kappa shape index (κ3) is 5.50. The van der Waals surface area contributed by atoms with E-state index in [1.54, 1.807) is 25.3 Å². The van der Waals surface area contributed by atoms with Gasteiger partial charge < -0.3 is 19.5 Å². The first kappa shape index (κ1) is 17.7. The Morgan fingerprint density at radius 3 is 2.50 bits per heavy atom. The van der Waals surface area contributed by atoms with Gasteiger partial charge in [0.05, 0.1) is 13.7 Å². The summed E-state index contributed by atoms with van der Waals surface area (Å²) in [6, 6.07) is 14.5. The summed E-state index contributed by atoms with van der Waals surface area (Å²) >= 11 is 0. The summed E-state index contributed by atoms with van der Waals surface area (Å²) < 4.78 is 16.3. The monoisotopic (exact) mass is 329 g/mol. The zero-order chi connectivity index (χ0) is 17.4. The molecule has 128 valence electrons. The summed E-state index contributed by atoms with van der Waals surface area (Å²) in [4.78, 5) is 12.0. The molecule has 1 amide bonds. The standard InChI is InChI=1S/C19H23NO4/c1-14(2)12-23-16-8-6-7-15(11-16)20-19(21)13-24-18-10-5-4-9-17(18)22-3/h4-11,14H,12-13H2,1-3H3,(H,20,21). The molecule has 0 heterocycles. The molecule has 0 bridgehead atoms. The highest BCUT2D eigenvalue weighted by atomic mass is 16.5. The van der Waals surface area contributed by atoms with Crippen LogP contribution in [0, 0.1) is 5.92 Å². The molecule has 2 aromatic rings. The maximum atomic E-state index is 12.0. The van der Waals surface area contributed by atoms with Crippen molar-refractivity contribution in [1.82, 2.24) is 0 Å². The highest BCUT2D eigenvalue weighted by molar-refractivity contribution is 5.92. The highest BCUT2D eigenvalue weighted by Gasteiger charge is 2.08. The molecule has 2 aromatic carbocycles. The number of carbonyl (C=O) groups is 1. The van der Waals surface area contributed by atoms with E-state index < -0.39 is 0 Å². The van der Waals surface area contributed by atoms with Gasteiger partial charge in [0.1, 0.15) is 5.75 Å². The SMILES string of the molecule is COc1ccccc1OCC(=O)Nc1cccc(OCC(C)C)c1. The third-order valence-electron chi connectivity index (χ3n) is 3.13. The molecule has 0 aliphatic carbocycles. The van der Waals surface area contributed by atoms with E-state index in [1.165, 1.54) is 0 Å². The topological polar surface area (TPSA) is 56.8 Å². The molecule has 2 rings (SSSR count). The maximum Gasteiger partial charge on any atom is 0.262 e. The smallest absolute Gasteiger partial charge is 0.262 e. The fourth-order valence-corrected chi connectivity index (χ4v) is 2.00. The first-order valence-corrected chi connectivity index (χ1v) is 7.87. The van der Waals surface area contributed by atoms with Crippen LogP contribution in [0.15, 0.2) is 48.5 Å². The molecule has 0 spiro atoms. The van der Waals surface area contributed by atoms with E-state index >= 15 is 0 Å². The molecule has 0 saturated carbocycles. The molecule has 5 heteroatoms. The average molecular weight is 329 g/mol. The molecular formula is C19H23NO4. The zero-order valence-corrected chi connectivity index (χ0v) is 14.2. The van der Waals surface area contributed by atoms with Crippen molar-refractivity contribution in [2.75, 3.05) is 25.6 Å². The van der Waals surface area contributed by atoms with Crippen molar-refractivity contribution in [2.45, 2.75) is 13.8 Å². The minimum Gasteiger partial charge on any atom is -0.493 e. The van der Waals surface area contributed by atoms with E-state index in [4.69, 9.17) is 14.2 Å². The number of amides is 1. The second-order valence-electron chi connectivity index (χ2n) is 5.72. The molecule has 0 radical (unpaired) electrons. The van der Waals surface area contributed by atoms with Crippen LogP contribution in [-0.2, 0) is 4.79 Å². The lowest BCUT2D eigenvalue weighted by Crippen LogP contribution is -2.20. The van der Waals surface area contributed by atoms with E-state index in [0.717, 1.165) is 5.75 Å². The van der Waals surface area contributed by atoms with Crippen LogP contribution < -0.4 is 19.5 Å². The summed E-state index contributed by atoms with van der Waals surface area (Å²) in [5.74, 6) is 2.05. The van der Waals surface area contributed by atoms with Crippen molar-refractivity contribution in [3.8, 4) is 17.2 Å². The summed E-state index contributed by atoms with van der Waals surface area (Å²) in [6.07, 6.45) is 0. The molecule has 24 heavy (non-hydrogen) atoms. The van der Waals surface area contributed by atoms with Crippen LogP contribution in [-0.4, -0.2) is 26.2 Å². The molecule has 0 unspecified atom stereocenters. The average Bonchev–Trinajstić information content (AvgIpc) is 2.58. The van der Waals surface area contributed by atoms with Crippen molar-refractivity contribution in [3.63, 3.8) is 0 Å². The fraction of sp³-hybridized carbons (Fsp3) is 0.316. The second kappa shape index (κ2) is 8.82. The first-order chi connectivity index (χ1) is 11.6. The second-order valence-corrected chi connectivity index (χ2v) is 5.72. The molecule has 0 fully saturated rings. The number of carbonyl (C=O) groups excluding carboxylic acids is 1. The maximum absolute atomic E-state index is 12.0. The predicted octanol–water partition coefficient (Wildman–Crippen LogP) is 3.75. The number of ether oxygens (including phenoxy) is 3. The number of hydrogen-bond donors (Lipinski definition) is 1. The Hall–Kier alpha value is -2.69. The molecule has 0 aromatic heterocycles. The number of methoxy groups -OCH3 is 1. The van der Waals surface area contributed by atoms with Gasteiger partial charge in [-0.15, -0.1) is 0 Å². The Bertz CT molecular complexity index is 670. The number of benzene rings is 2. The Labute approximate surface area is 142 Å². The quantitative estimate of drug-likeness (QED) is 0.801. The van der Waals surface area contributed by atoms with Gasteiger partial charge in [-0.1, -0.05) is 32.0 Å². The van der Waals surface area contributed by atoms with Crippen LogP contribution in [0.4, 0.5) is 5.69 Å². The lowest BCUT2D eigenvalue weighted by Gasteiger charge is -2.12. The van der Waals surface area contributed by atoms with Gasteiger partial charge in [0.15, 0.2) is 18.1 Å². The molecule has 0 aliphatic heterocycles. The summed E-state index contributed by atoms with van der Waals surface area (Å²) in [5, 5.41) is 2.79. The Kier molecular flexibility index (Phi) is 6.49. The van der Waals surface area contributed by atoms with Crippen molar-refractivity contribution in [3.05, 3.63) is 48.5 Å². The van der Waals surface area contributed by atoms with Gasteiger partial charge in [-0.05, 0) is 30.2 Å². The van der Waals surface area contributed by atoms with Gasteiger partial charge >= 0.3 is 0 Å². The van der Waals surface area contributed by atoms with Gasteiger partial charge in [-0.25, -0.2) is 0 Å². The van der Waals surface area contributed by atoms with Crippen molar-refractivity contribution in [2.24, 2.45) is 5.92 Å². The molecular weight excluding hydrogens is 306 g/mol. The first-order valence-electron chi connectivity index (χ1n) is 7.87. The number of rotatable bonds is 8. The highest BCUT2D eigenvalue weighted by Crippen LogP contribution is 2.25. The van der Waals surface area contributed by atoms with Gasteiger partial charge in [-0.2, -0.15) is 0 Å². The van der Waals surface area contributed by atoms with Gasteiger partial charge in [0.25, 0.3) is 5.91 Å². The van der Waals surface area contributed by atoms with E-state index in [0.29, 0.717) is 29.7 Å². The van der Waals surface area contributed by atoms with Crippen molar-refractivity contribution in [1.29, 1.82) is 0 Å². The minimum atomic E-state index is -0.248. The fourth-order valence-electron chi connectivity index (χ4n) is 2.00. The molecule has 0 atom stereocenters. The summed E-state index contributed by atoms with van der Waals surface area (Å²) in [5.41, 5.74) is 0.671. The van der Waals surface area contributed by atoms with Crippen molar-refractivity contribution >= 4 is 11.6 Å². The summed E-state index contributed by atoms with van der Waals surface area (Å²) in [6.45, 7) is 4.70. The number of para-hydroxylation sites is 2. The minimum absolute atomic E-state index is 0.0997. The zero-order valence-electron chi connectivity index (χ0n) is 14.2. The largest absolute Gasteiger partial charge is 0.493 e. The van der Waals surface area contributed by atoms with Crippen LogP contribution in [0.2, 0.25) is 0 Å². The Morgan fingerprint density at radius 1 is 1.04 bits per heavy atom. The van der Waals surface area contributed by atoms with E-state index in [-0.39, 0.29) is 12.5 Å². The lowest BCUT2D eigenvalue weighted by atomic mass is 10.2.